The summed E-state index contributed by atoms with van der Waals surface area (Å²) < 4.78 is 5.43. The van der Waals surface area contributed by atoms with E-state index in [0.717, 1.165) is 68.6 Å². The Bertz CT molecular complexity index is 1050. The summed E-state index contributed by atoms with van der Waals surface area (Å²) in [5, 5.41) is 10.3. The molecule has 3 N–H and O–H groups in total. The molecule has 5 rings (SSSR count). The van der Waals surface area contributed by atoms with Gasteiger partial charge in [0.25, 0.3) is 0 Å². The Morgan fingerprint density at radius 1 is 1.06 bits per heavy atom. The zero-order valence-electron chi connectivity index (χ0n) is 17.8. The van der Waals surface area contributed by atoms with Crippen LogP contribution in [0.5, 0.6) is 0 Å². The largest absolute Gasteiger partial charge is 0.384 e. The van der Waals surface area contributed by atoms with Crippen molar-refractivity contribution in [1.29, 1.82) is 0 Å². The average Bonchev–Trinajstić information content (AvgIpc) is 3.28. The Morgan fingerprint density at radius 3 is 2.74 bits per heavy atom. The highest BCUT2D eigenvalue weighted by molar-refractivity contribution is 5.73. The minimum absolute atomic E-state index is 0.583. The van der Waals surface area contributed by atoms with Crippen molar-refractivity contribution < 1.29 is 4.74 Å². The van der Waals surface area contributed by atoms with Gasteiger partial charge in [-0.25, -0.2) is 4.98 Å². The number of ether oxygens (including phenoxy) is 1. The average molecular weight is 417 g/mol. The molecule has 2 aliphatic heterocycles. The summed E-state index contributed by atoms with van der Waals surface area (Å²) >= 11 is 0. The zero-order chi connectivity index (χ0) is 21.0. The van der Waals surface area contributed by atoms with Crippen LogP contribution >= 0.6 is 0 Å². The monoisotopic (exact) mass is 416 g/mol. The van der Waals surface area contributed by atoms with Crippen molar-refractivity contribution in [3.8, 4) is 0 Å². The van der Waals surface area contributed by atoms with Crippen LogP contribution in [0.25, 0.3) is 0 Å². The van der Waals surface area contributed by atoms with Crippen LogP contribution in [0.3, 0.4) is 0 Å². The highest BCUT2D eigenvalue weighted by atomic mass is 16.5. The first kappa shape index (κ1) is 19.8. The van der Waals surface area contributed by atoms with Gasteiger partial charge in [-0.15, -0.1) is 0 Å². The Hall–Kier alpha value is -3.16. The smallest absolute Gasteiger partial charge is 0.229 e. The number of morpholine rings is 1. The first-order valence-electron chi connectivity index (χ1n) is 10.9. The second-order valence-corrected chi connectivity index (χ2v) is 8.07. The summed E-state index contributed by atoms with van der Waals surface area (Å²) in [4.78, 5) is 11.6. The molecule has 0 saturated carbocycles. The molecular formula is C24H28N6O. The van der Waals surface area contributed by atoms with E-state index in [2.05, 4.69) is 68.3 Å². The molecule has 0 amide bonds. The molecule has 0 radical (unpaired) electrons. The second kappa shape index (κ2) is 8.91. The predicted octanol–water partition coefficient (Wildman–Crippen LogP) is 4.07. The van der Waals surface area contributed by atoms with Gasteiger partial charge < -0.3 is 20.7 Å². The molecule has 2 aromatic carbocycles. The number of rotatable bonds is 6. The van der Waals surface area contributed by atoms with Crippen molar-refractivity contribution in [3.63, 3.8) is 0 Å². The van der Waals surface area contributed by atoms with Crippen LogP contribution in [0.15, 0.2) is 48.7 Å². The summed E-state index contributed by atoms with van der Waals surface area (Å²) in [7, 11) is 0. The first-order chi connectivity index (χ1) is 15.2. The summed E-state index contributed by atoms with van der Waals surface area (Å²) in [6, 6.07) is 14.8. The van der Waals surface area contributed by atoms with E-state index in [-0.39, 0.29) is 0 Å². The number of aromatic nitrogens is 2. The molecule has 7 heteroatoms. The third-order valence-electron chi connectivity index (χ3n) is 5.81. The van der Waals surface area contributed by atoms with Crippen LogP contribution < -0.4 is 16.0 Å². The molecule has 7 nitrogen and oxygen atoms in total. The van der Waals surface area contributed by atoms with Gasteiger partial charge in [0.15, 0.2) is 0 Å². The molecular weight excluding hydrogens is 388 g/mol. The van der Waals surface area contributed by atoms with E-state index < -0.39 is 0 Å². The lowest BCUT2D eigenvalue weighted by molar-refractivity contribution is 0.0342. The topological polar surface area (TPSA) is 74.3 Å². The van der Waals surface area contributed by atoms with E-state index >= 15 is 0 Å². The normalized spacial score (nSPS) is 15.9. The Kier molecular flexibility index (Phi) is 5.69. The van der Waals surface area contributed by atoms with Gasteiger partial charge in [-0.3, -0.25) is 4.90 Å². The van der Waals surface area contributed by atoms with Crippen molar-refractivity contribution in [2.75, 3.05) is 48.8 Å². The first-order valence-corrected chi connectivity index (χ1v) is 10.9. The minimum atomic E-state index is 0.583. The molecule has 1 aromatic heterocycles. The lowest BCUT2D eigenvalue weighted by Gasteiger charge is -2.26. The maximum Gasteiger partial charge on any atom is 0.229 e. The number of hydrogen-bond acceptors (Lipinski definition) is 7. The van der Waals surface area contributed by atoms with Gasteiger partial charge >= 0.3 is 0 Å². The third kappa shape index (κ3) is 4.62. The van der Waals surface area contributed by atoms with E-state index in [1.165, 1.54) is 16.8 Å². The predicted molar refractivity (Wildman–Crippen MR) is 125 cm³/mol. The summed E-state index contributed by atoms with van der Waals surface area (Å²) in [6.45, 7) is 7.58. The van der Waals surface area contributed by atoms with E-state index in [1.54, 1.807) is 0 Å². The van der Waals surface area contributed by atoms with E-state index in [9.17, 15) is 0 Å². The minimum Gasteiger partial charge on any atom is -0.384 e. The summed E-state index contributed by atoms with van der Waals surface area (Å²) in [5.74, 6) is 1.40. The number of aryl methyl sites for hydroxylation is 1. The fraction of sp³-hybridized carbons (Fsp3) is 0.333. The molecule has 2 aliphatic rings. The van der Waals surface area contributed by atoms with Crippen LogP contribution in [-0.4, -0.2) is 47.7 Å². The maximum absolute atomic E-state index is 5.43. The Balaban J connectivity index is 1.27. The fourth-order valence-corrected chi connectivity index (χ4v) is 4.06. The number of hydrogen-bond donors (Lipinski definition) is 3. The zero-order valence-corrected chi connectivity index (χ0v) is 17.8. The van der Waals surface area contributed by atoms with E-state index in [4.69, 9.17) is 9.72 Å². The van der Waals surface area contributed by atoms with Crippen molar-refractivity contribution in [1.82, 2.24) is 14.9 Å². The number of anilines is 5. The van der Waals surface area contributed by atoms with Gasteiger partial charge in [0.1, 0.15) is 5.82 Å². The Labute approximate surface area is 182 Å². The summed E-state index contributed by atoms with van der Waals surface area (Å²) in [6.07, 6.45) is 2.87. The van der Waals surface area contributed by atoms with Gasteiger partial charge in [-0.05, 0) is 43.2 Å². The molecule has 0 atom stereocenters. The molecule has 3 heterocycles. The number of nitrogens with zero attached hydrogens (tertiary/aromatic N) is 3. The van der Waals surface area contributed by atoms with Crippen LogP contribution in [0.2, 0.25) is 0 Å². The second-order valence-electron chi connectivity index (χ2n) is 8.07. The standard InChI is InChI=1S/C24H28N6O/c1-17-15-26-24(29-23(17)28-22-4-2-3-21-20(22)9-10-25-21)27-19-7-5-18(6-8-19)16-30-11-13-31-14-12-30/h2-8,15,25H,9-14,16H2,1H3,(H2,26,27,28,29). The SMILES string of the molecule is Cc1cnc(Nc2ccc(CN3CCOCC3)cc2)nc1Nc1cccc2c1CCN2. The molecule has 1 saturated heterocycles. The molecule has 0 spiro atoms. The van der Waals surface area contributed by atoms with Crippen LogP contribution in [0.1, 0.15) is 16.7 Å². The van der Waals surface area contributed by atoms with Crippen LogP contribution in [0.4, 0.5) is 28.8 Å². The van der Waals surface area contributed by atoms with Gasteiger partial charge in [0.2, 0.25) is 5.95 Å². The van der Waals surface area contributed by atoms with E-state index in [1.807, 2.05) is 13.1 Å². The molecule has 0 aliphatic carbocycles. The fourth-order valence-electron chi connectivity index (χ4n) is 4.06. The highest BCUT2D eigenvalue weighted by Gasteiger charge is 2.15. The summed E-state index contributed by atoms with van der Waals surface area (Å²) in [5.41, 5.74) is 6.90. The molecule has 0 bridgehead atoms. The molecule has 160 valence electrons. The molecule has 1 fully saturated rings. The lowest BCUT2D eigenvalue weighted by Crippen LogP contribution is -2.35. The van der Waals surface area contributed by atoms with Gasteiger partial charge in [0, 0.05) is 60.6 Å². The van der Waals surface area contributed by atoms with Gasteiger partial charge in [0.05, 0.1) is 13.2 Å². The van der Waals surface area contributed by atoms with Crippen LogP contribution in [0, 0.1) is 6.92 Å². The number of benzene rings is 2. The van der Waals surface area contributed by atoms with Crippen molar-refractivity contribution in [3.05, 3.63) is 65.4 Å². The number of nitrogens with one attached hydrogen (secondary N) is 3. The molecule has 0 unspecified atom stereocenters. The van der Waals surface area contributed by atoms with Crippen LogP contribution in [-0.2, 0) is 17.7 Å². The van der Waals surface area contributed by atoms with Gasteiger partial charge in [-0.1, -0.05) is 18.2 Å². The maximum atomic E-state index is 5.43. The van der Waals surface area contributed by atoms with E-state index in [0.29, 0.717) is 5.95 Å². The molecule has 3 aromatic rings. The number of fused-ring (bicyclic) bond motifs is 1. The highest BCUT2D eigenvalue weighted by Crippen LogP contribution is 2.31. The van der Waals surface area contributed by atoms with Crippen molar-refractivity contribution in [2.24, 2.45) is 0 Å². The lowest BCUT2D eigenvalue weighted by atomic mass is 10.1. The van der Waals surface area contributed by atoms with Gasteiger partial charge in [-0.2, -0.15) is 4.98 Å². The third-order valence-corrected chi connectivity index (χ3v) is 5.81. The Morgan fingerprint density at radius 2 is 1.90 bits per heavy atom. The van der Waals surface area contributed by atoms with Crippen molar-refractivity contribution >= 4 is 28.8 Å². The van der Waals surface area contributed by atoms with Crippen molar-refractivity contribution in [2.45, 2.75) is 19.9 Å². The quantitative estimate of drug-likeness (QED) is 0.559. The molecule has 31 heavy (non-hydrogen) atoms.